The summed E-state index contributed by atoms with van der Waals surface area (Å²) in [7, 11) is 3.95. The number of likely N-dealkylation sites (tertiary alicyclic amines) is 1. The summed E-state index contributed by atoms with van der Waals surface area (Å²) in [6.07, 6.45) is 0.308. The molecule has 0 saturated carbocycles. The molecule has 1 aromatic rings. The van der Waals surface area contributed by atoms with E-state index in [0.29, 0.717) is 19.5 Å². The number of rotatable bonds is 6. The molecule has 0 spiro atoms. The lowest BCUT2D eigenvalue weighted by molar-refractivity contribution is -0.129. The summed E-state index contributed by atoms with van der Waals surface area (Å²) in [5.74, 6) is -0.241. The fourth-order valence-corrected chi connectivity index (χ4v) is 3.18. The van der Waals surface area contributed by atoms with E-state index < -0.39 is 0 Å². The zero-order valence-corrected chi connectivity index (χ0v) is 14.4. The molecule has 1 N–H and O–H groups in total. The number of amides is 2. The van der Waals surface area contributed by atoms with Gasteiger partial charge in [-0.15, -0.1) is 11.3 Å². The highest BCUT2D eigenvalue weighted by molar-refractivity contribution is 7.09. The molecule has 1 aliphatic rings. The number of carbonyl (C=O) groups excluding carboxylic acids is 2. The predicted octanol–water partition coefficient (Wildman–Crippen LogP) is 1.04. The fraction of sp³-hybridized carbons (Fsp3) is 0.667. The van der Waals surface area contributed by atoms with Gasteiger partial charge in [-0.05, 0) is 27.9 Å². The third kappa shape index (κ3) is 4.27. The molecule has 2 atom stereocenters. The van der Waals surface area contributed by atoms with Crippen molar-refractivity contribution in [1.29, 1.82) is 0 Å². The summed E-state index contributed by atoms with van der Waals surface area (Å²) >= 11 is 1.57. The Morgan fingerprint density at radius 3 is 2.91 bits per heavy atom. The number of hydrogen-bond donors (Lipinski definition) is 1. The van der Waals surface area contributed by atoms with Gasteiger partial charge in [0.2, 0.25) is 11.8 Å². The number of nitrogens with zero attached hydrogens (tertiary/aromatic N) is 3. The second kappa shape index (κ2) is 7.19. The van der Waals surface area contributed by atoms with Crippen LogP contribution in [-0.2, 0) is 9.59 Å². The summed E-state index contributed by atoms with van der Waals surface area (Å²) in [4.78, 5) is 32.5. The van der Waals surface area contributed by atoms with Crippen molar-refractivity contribution < 1.29 is 9.59 Å². The molecule has 2 amide bonds. The average Bonchev–Trinajstić information content (AvgIpc) is 3.02. The molecule has 6 nitrogen and oxygen atoms in total. The smallest absolute Gasteiger partial charge is 0.225 e. The average molecular weight is 324 g/mol. The van der Waals surface area contributed by atoms with Crippen molar-refractivity contribution in [2.24, 2.45) is 5.92 Å². The van der Waals surface area contributed by atoms with Crippen molar-refractivity contribution in [3.8, 4) is 0 Å². The van der Waals surface area contributed by atoms with E-state index in [0.717, 1.165) is 17.2 Å². The van der Waals surface area contributed by atoms with E-state index in [2.05, 4.69) is 10.3 Å². The van der Waals surface area contributed by atoms with Crippen molar-refractivity contribution >= 4 is 23.2 Å². The molecule has 1 saturated heterocycles. The van der Waals surface area contributed by atoms with Crippen LogP contribution in [0.2, 0.25) is 0 Å². The molecule has 1 fully saturated rings. The highest BCUT2D eigenvalue weighted by Gasteiger charge is 2.34. The van der Waals surface area contributed by atoms with Crippen LogP contribution in [0.25, 0.3) is 0 Å². The summed E-state index contributed by atoms with van der Waals surface area (Å²) < 4.78 is 0. The molecule has 22 heavy (non-hydrogen) atoms. The Bertz CT molecular complexity index is 543. The Labute approximate surface area is 135 Å². The van der Waals surface area contributed by atoms with E-state index in [4.69, 9.17) is 0 Å². The summed E-state index contributed by atoms with van der Waals surface area (Å²) in [6.45, 7) is 5.88. The monoisotopic (exact) mass is 324 g/mol. The van der Waals surface area contributed by atoms with Gasteiger partial charge in [-0.1, -0.05) is 0 Å². The van der Waals surface area contributed by atoms with E-state index in [9.17, 15) is 9.59 Å². The van der Waals surface area contributed by atoms with Gasteiger partial charge in [-0.2, -0.15) is 0 Å². The van der Waals surface area contributed by atoms with Crippen LogP contribution in [0.4, 0.5) is 0 Å². The SMILES string of the molecule is Cc1nc([C@H](C)NC(=O)[C@@H]2CC(=O)N(CCN(C)C)C2)cs1. The molecule has 0 aromatic carbocycles. The summed E-state index contributed by atoms with van der Waals surface area (Å²) in [6, 6.07) is -0.122. The highest BCUT2D eigenvalue weighted by atomic mass is 32.1. The molecule has 1 aliphatic heterocycles. The molecular weight excluding hydrogens is 300 g/mol. The minimum atomic E-state index is -0.253. The largest absolute Gasteiger partial charge is 0.348 e. The van der Waals surface area contributed by atoms with Gasteiger partial charge in [0.05, 0.1) is 22.7 Å². The van der Waals surface area contributed by atoms with Crippen LogP contribution in [0.3, 0.4) is 0 Å². The van der Waals surface area contributed by atoms with Crippen LogP contribution in [-0.4, -0.2) is 60.3 Å². The Hall–Kier alpha value is -1.47. The second-order valence-corrected chi connectivity index (χ2v) is 7.13. The van der Waals surface area contributed by atoms with Crippen LogP contribution in [0, 0.1) is 12.8 Å². The second-order valence-electron chi connectivity index (χ2n) is 6.07. The molecule has 0 radical (unpaired) electrons. The molecule has 2 rings (SSSR count). The molecule has 0 unspecified atom stereocenters. The number of hydrogen-bond acceptors (Lipinski definition) is 5. The Kier molecular flexibility index (Phi) is 5.52. The maximum atomic E-state index is 12.3. The minimum absolute atomic E-state index is 0.0566. The Morgan fingerprint density at radius 1 is 1.59 bits per heavy atom. The zero-order chi connectivity index (χ0) is 16.3. The van der Waals surface area contributed by atoms with E-state index in [1.54, 1.807) is 16.2 Å². The lowest BCUT2D eigenvalue weighted by atomic mass is 10.1. The van der Waals surface area contributed by atoms with Crippen LogP contribution in [0.5, 0.6) is 0 Å². The molecule has 0 aliphatic carbocycles. The van der Waals surface area contributed by atoms with E-state index in [1.165, 1.54) is 0 Å². The third-order valence-corrected chi connectivity index (χ3v) is 4.63. The highest BCUT2D eigenvalue weighted by Crippen LogP contribution is 2.20. The zero-order valence-electron chi connectivity index (χ0n) is 13.6. The first-order valence-electron chi connectivity index (χ1n) is 7.51. The maximum absolute atomic E-state index is 12.3. The van der Waals surface area contributed by atoms with Gasteiger partial charge in [0.1, 0.15) is 0 Å². The van der Waals surface area contributed by atoms with Gasteiger partial charge in [0.25, 0.3) is 0 Å². The predicted molar refractivity (Wildman–Crippen MR) is 86.6 cm³/mol. The maximum Gasteiger partial charge on any atom is 0.225 e. The van der Waals surface area contributed by atoms with E-state index in [-0.39, 0.29) is 23.8 Å². The number of carbonyl (C=O) groups is 2. The van der Waals surface area contributed by atoms with Crippen molar-refractivity contribution in [3.63, 3.8) is 0 Å². The van der Waals surface area contributed by atoms with Gasteiger partial charge in [0, 0.05) is 31.4 Å². The number of nitrogens with one attached hydrogen (secondary N) is 1. The number of aromatic nitrogens is 1. The fourth-order valence-electron chi connectivity index (χ4n) is 2.47. The number of thiazole rings is 1. The van der Waals surface area contributed by atoms with Gasteiger partial charge >= 0.3 is 0 Å². The molecule has 2 heterocycles. The normalized spacial score (nSPS) is 19.8. The first kappa shape index (κ1) is 16.9. The Balaban J connectivity index is 1.87. The standard InChI is InChI=1S/C15H24N4O2S/c1-10(13-9-22-11(2)17-13)16-15(21)12-7-14(20)19(8-12)6-5-18(3)4/h9-10,12H,5-8H2,1-4H3,(H,16,21)/t10-,12+/m0/s1. The lowest BCUT2D eigenvalue weighted by Gasteiger charge is -2.19. The van der Waals surface area contributed by atoms with Crippen molar-refractivity contribution in [2.45, 2.75) is 26.3 Å². The topological polar surface area (TPSA) is 65.5 Å². The van der Waals surface area contributed by atoms with E-state index >= 15 is 0 Å². The molecule has 122 valence electrons. The lowest BCUT2D eigenvalue weighted by Crippen LogP contribution is -2.36. The first-order valence-corrected chi connectivity index (χ1v) is 8.39. The van der Waals surface area contributed by atoms with Crippen LogP contribution in [0.1, 0.15) is 30.1 Å². The molecule has 1 aromatic heterocycles. The van der Waals surface area contributed by atoms with Crippen LogP contribution >= 0.6 is 11.3 Å². The first-order chi connectivity index (χ1) is 10.4. The van der Waals surface area contributed by atoms with Gasteiger partial charge < -0.3 is 15.1 Å². The minimum Gasteiger partial charge on any atom is -0.348 e. The van der Waals surface area contributed by atoms with Crippen LogP contribution < -0.4 is 5.32 Å². The van der Waals surface area contributed by atoms with Crippen molar-refractivity contribution in [2.75, 3.05) is 33.7 Å². The number of aryl methyl sites for hydroxylation is 1. The summed E-state index contributed by atoms with van der Waals surface area (Å²) in [5, 5.41) is 5.92. The quantitative estimate of drug-likeness (QED) is 0.849. The molecule has 0 bridgehead atoms. The third-order valence-electron chi connectivity index (χ3n) is 3.84. The van der Waals surface area contributed by atoms with Crippen molar-refractivity contribution in [1.82, 2.24) is 20.1 Å². The molecule has 7 heteroatoms. The molecular formula is C15H24N4O2S. The van der Waals surface area contributed by atoms with Gasteiger partial charge in [-0.25, -0.2) is 4.98 Å². The number of likely N-dealkylation sites (N-methyl/N-ethyl adjacent to an activating group) is 1. The van der Waals surface area contributed by atoms with Gasteiger partial charge in [0.15, 0.2) is 0 Å². The van der Waals surface area contributed by atoms with Crippen LogP contribution in [0.15, 0.2) is 5.38 Å². The van der Waals surface area contributed by atoms with E-state index in [1.807, 2.05) is 38.2 Å². The van der Waals surface area contributed by atoms with Gasteiger partial charge in [-0.3, -0.25) is 9.59 Å². The van der Waals surface area contributed by atoms with Crippen molar-refractivity contribution in [3.05, 3.63) is 16.1 Å². The summed E-state index contributed by atoms with van der Waals surface area (Å²) in [5.41, 5.74) is 0.879. The Morgan fingerprint density at radius 2 is 2.32 bits per heavy atom.